The number of nitriles is 2. The van der Waals surface area contributed by atoms with E-state index in [4.69, 9.17) is 26.5 Å². The molecule has 1 heterocycles. The Morgan fingerprint density at radius 2 is 2.16 bits per heavy atom. The topological polar surface area (TPSA) is 85.6 Å². The van der Waals surface area contributed by atoms with Crippen LogP contribution in [0.25, 0.3) is 11.3 Å². The number of allylic oxidation sites excluding steroid dienone is 1. The number of hydrogen-bond donors (Lipinski definition) is 1. The van der Waals surface area contributed by atoms with Crippen molar-refractivity contribution in [2.75, 3.05) is 5.32 Å². The molecule has 0 aliphatic heterocycles. The fourth-order valence-electron chi connectivity index (χ4n) is 1.40. The first kappa shape index (κ1) is 12.7. The summed E-state index contributed by atoms with van der Waals surface area (Å²) in [6, 6.07) is 8.67. The van der Waals surface area contributed by atoms with Gasteiger partial charge in [-0.1, -0.05) is 11.6 Å². The van der Waals surface area contributed by atoms with Crippen LogP contribution in [0.2, 0.25) is 5.02 Å². The van der Waals surface area contributed by atoms with Gasteiger partial charge in [0.25, 0.3) is 0 Å². The predicted octanol–water partition coefficient (Wildman–Crippen LogP) is 3.34. The second-order valence-electron chi connectivity index (χ2n) is 3.49. The van der Waals surface area contributed by atoms with Gasteiger partial charge in [-0.15, -0.1) is 0 Å². The SMILES string of the molecule is N#CC(C#N)=CNc1ccc(Cl)c(-c2cnco2)c1. The molecule has 2 aromatic rings. The first-order valence-electron chi connectivity index (χ1n) is 5.20. The summed E-state index contributed by atoms with van der Waals surface area (Å²) >= 11 is 6.07. The summed E-state index contributed by atoms with van der Waals surface area (Å²) in [6.45, 7) is 0. The molecule has 5 nitrogen and oxygen atoms in total. The normalized spacial score (nSPS) is 9.21. The molecule has 0 saturated carbocycles. The van der Waals surface area contributed by atoms with Crippen LogP contribution in [0.1, 0.15) is 0 Å². The molecule has 1 aromatic heterocycles. The Labute approximate surface area is 114 Å². The lowest BCUT2D eigenvalue weighted by Gasteiger charge is -2.05. The number of nitrogens with one attached hydrogen (secondary N) is 1. The highest BCUT2D eigenvalue weighted by Gasteiger charge is 2.07. The third-order valence-electron chi connectivity index (χ3n) is 2.29. The summed E-state index contributed by atoms with van der Waals surface area (Å²) in [5.41, 5.74) is 1.34. The molecule has 0 saturated heterocycles. The van der Waals surface area contributed by atoms with E-state index in [0.29, 0.717) is 22.0 Å². The van der Waals surface area contributed by atoms with Crippen molar-refractivity contribution in [3.05, 3.63) is 47.6 Å². The van der Waals surface area contributed by atoms with E-state index in [2.05, 4.69) is 10.3 Å². The molecule has 0 bridgehead atoms. The second kappa shape index (κ2) is 5.72. The zero-order valence-electron chi connectivity index (χ0n) is 9.59. The number of nitrogens with zero attached hydrogens (tertiary/aromatic N) is 3. The Bertz CT molecular complexity index is 676. The second-order valence-corrected chi connectivity index (χ2v) is 3.89. The molecular weight excluding hydrogens is 264 g/mol. The minimum absolute atomic E-state index is 0.0174. The number of hydrogen-bond acceptors (Lipinski definition) is 5. The molecule has 19 heavy (non-hydrogen) atoms. The highest BCUT2D eigenvalue weighted by molar-refractivity contribution is 6.33. The number of oxazole rings is 1. The maximum atomic E-state index is 8.63. The van der Waals surface area contributed by atoms with Crippen LogP contribution in [0.4, 0.5) is 5.69 Å². The molecule has 0 fully saturated rings. The van der Waals surface area contributed by atoms with Crippen LogP contribution in [0.15, 0.2) is 47.0 Å². The van der Waals surface area contributed by atoms with Gasteiger partial charge >= 0.3 is 0 Å². The summed E-state index contributed by atoms with van der Waals surface area (Å²) in [6.07, 6.45) is 4.19. The van der Waals surface area contributed by atoms with E-state index >= 15 is 0 Å². The van der Waals surface area contributed by atoms with Crippen molar-refractivity contribution >= 4 is 17.3 Å². The Kier molecular flexibility index (Phi) is 3.82. The van der Waals surface area contributed by atoms with Crippen LogP contribution in [0.5, 0.6) is 0 Å². The van der Waals surface area contributed by atoms with Gasteiger partial charge in [0.15, 0.2) is 12.2 Å². The maximum absolute atomic E-state index is 8.63. The molecule has 1 aromatic carbocycles. The molecule has 0 unspecified atom stereocenters. The predicted molar refractivity (Wildman–Crippen MR) is 69.9 cm³/mol. The van der Waals surface area contributed by atoms with Gasteiger partial charge in [0.05, 0.1) is 11.2 Å². The van der Waals surface area contributed by atoms with Crippen LogP contribution in [0.3, 0.4) is 0 Å². The lowest BCUT2D eigenvalue weighted by molar-refractivity contribution is 0.572. The zero-order chi connectivity index (χ0) is 13.7. The fraction of sp³-hybridized carbons (Fsp3) is 0. The van der Waals surface area contributed by atoms with Gasteiger partial charge in [0.2, 0.25) is 0 Å². The molecule has 92 valence electrons. The van der Waals surface area contributed by atoms with E-state index in [9.17, 15) is 0 Å². The van der Waals surface area contributed by atoms with Crippen LogP contribution >= 0.6 is 11.6 Å². The average Bonchev–Trinajstić information content (AvgIpc) is 2.95. The summed E-state index contributed by atoms with van der Waals surface area (Å²) in [5.74, 6) is 0.540. The van der Waals surface area contributed by atoms with Crippen molar-refractivity contribution in [2.24, 2.45) is 0 Å². The fourth-order valence-corrected chi connectivity index (χ4v) is 1.61. The van der Waals surface area contributed by atoms with Gasteiger partial charge < -0.3 is 9.73 Å². The molecule has 0 spiro atoms. The minimum atomic E-state index is -0.0174. The van der Waals surface area contributed by atoms with Gasteiger partial charge in [0, 0.05) is 17.5 Å². The first-order chi connectivity index (χ1) is 9.24. The Balaban J connectivity index is 2.31. The summed E-state index contributed by atoms with van der Waals surface area (Å²) in [5, 5.41) is 20.6. The highest BCUT2D eigenvalue weighted by atomic mass is 35.5. The van der Waals surface area contributed by atoms with Crippen molar-refractivity contribution < 1.29 is 4.42 Å². The molecular formula is C13H7ClN4O. The number of aromatic nitrogens is 1. The zero-order valence-corrected chi connectivity index (χ0v) is 10.3. The standard InChI is InChI=1S/C13H7ClN4O/c14-12-2-1-10(18-6-9(4-15)5-16)3-11(12)13-7-17-8-19-13/h1-3,6-8,18H. The lowest BCUT2D eigenvalue weighted by atomic mass is 10.1. The Morgan fingerprint density at radius 3 is 2.79 bits per heavy atom. The van der Waals surface area contributed by atoms with Crippen molar-refractivity contribution in [3.8, 4) is 23.5 Å². The quantitative estimate of drug-likeness (QED) is 0.865. The molecule has 6 heteroatoms. The molecule has 0 radical (unpaired) electrons. The minimum Gasteiger partial charge on any atom is -0.443 e. The molecule has 2 rings (SSSR count). The smallest absolute Gasteiger partial charge is 0.181 e. The Hall–Kier alpha value is -2.76. The molecule has 1 N–H and O–H groups in total. The van der Waals surface area contributed by atoms with Gasteiger partial charge in [-0.3, -0.25) is 0 Å². The molecule has 0 amide bonds. The van der Waals surface area contributed by atoms with Crippen molar-refractivity contribution in [3.63, 3.8) is 0 Å². The molecule has 0 atom stereocenters. The molecule has 0 aliphatic rings. The maximum Gasteiger partial charge on any atom is 0.181 e. The van der Waals surface area contributed by atoms with E-state index in [-0.39, 0.29) is 5.57 Å². The highest BCUT2D eigenvalue weighted by Crippen LogP contribution is 2.30. The van der Waals surface area contributed by atoms with Crippen LogP contribution < -0.4 is 5.32 Å². The van der Waals surface area contributed by atoms with E-state index < -0.39 is 0 Å². The third-order valence-corrected chi connectivity index (χ3v) is 2.62. The third kappa shape index (κ3) is 2.92. The number of anilines is 1. The Morgan fingerprint density at radius 1 is 1.37 bits per heavy atom. The number of rotatable bonds is 3. The van der Waals surface area contributed by atoms with E-state index in [1.54, 1.807) is 36.5 Å². The van der Waals surface area contributed by atoms with Gasteiger partial charge in [-0.05, 0) is 18.2 Å². The van der Waals surface area contributed by atoms with Crippen molar-refractivity contribution in [1.29, 1.82) is 10.5 Å². The van der Waals surface area contributed by atoms with E-state index in [0.717, 1.165) is 0 Å². The van der Waals surface area contributed by atoms with Gasteiger partial charge in [0.1, 0.15) is 17.7 Å². The summed E-state index contributed by atoms with van der Waals surface area (Å²) < 4.78 is 5.18. The van der Waals surface area contributed by atoms with E-state index in [1.807, 2.05) is 0 Å². The average molecular weight is 271 g/mol. The summed E-state index contributed by atoms with van der Waals surface area (Å²) in [4.78, 5) is 3.83. The van der Waals surface area contributed by atoms with E-state index in [1.165, 1.54) is 12.6 Å². The first-order valence-corrected chi connectivity index (χ1v) is 5.57. The number of halogens is 1. The van der Waals surface area contributed by atoms with Crippen molar-refractivity contribution in [1.82, 2.24) is 4.98 Å². The van der Waals surface area contributed by atoms with Gasteiger partial charge in [-0.2, -0.15) is 10.5 Å². The monoisotopic (exact) mass is 270 g/mol. The van der Waals surface area contributed by atoms with Crippen molar-refractivity contribution in [2.45, 2.75) is 0 Å². The van der Waals surface area contributed by atoms with Crippen LogP contribution in [-0.4, -0.2) is 4.98 Å². The van der Waals surface area contributed by atoms with Crippen LogP contribution in [0, 0.1) is 22.7 Å². The number of benzene rings is 1. The van der Waals surface area contributed by atoms with Crippen LogP contribution in [-0.2, 0) is 0 Å². The molecule has 0 aliphatic carbocycles. The summed E-state index contributed by atoms with van der Waals surface area (Å²) in [7, 11) is 0. The van der Waals surface area contributed by atoms with Gasteiger partial charge in [-0.25, -0.2) is 4.98 Å². The largest absolute Gasteiger partial charge is 0.443 e. The lowest BCUT2D eigenvalue weighted by Crippen LogP contribution is -1.90.